The molecule has 1 aromatic heterocycles. The van der Waals surface area contributed by atoms with Crippen LogP contribution in [0.3, 0.4) is 0 Å². The highest BCUT2D eigenvalue weighted by molar-refractivity contribution is 5.98. The molecule has 1 amide bonds. The van der Waals surface area contributed by atoms with Crippen LogP contribution in [0.5, 0.6) is 5.75 Å². The van der Waals surface area contributed by atoms with Crippen molar-refractivity contribution in [1.29, 1.82) is 0 Å². The van der Waals surface area contributed by atoms with E-state index in [4.69, 9.17) is 9.47 Å². The molecule has 7 nitrogen and oxygen atoms in total. The number of hydrogen-bond acceptors (Lipinski definition) is 5. The van der Waals surface area contributed by atoms with Gasteiger partial charge in [0.15, 0.2) is 0 Å². The standard InChI is InChI=1S/C18H20N2O5/c1-24-10-8-15(18(22)23)20-17(21)12-6-7-16(25-2)13(11-12)14-5-3-4-9-19-14/h3-7,9,11,15H,8,10H2,1-2H3,(H,20,21)(H,22,23). The Labute approximate surface area is 145 Å². The van der Waals surface area contributed by atoms with Gasteiger partial charge in [-0.15, -0.1) is 0 Å². The van der Waals surface area contributed by atoms with E-state index in [1.165, 1.54) is 14.2 Å². The first-order valence-electron chi connectivity index (χ1n) is 7.69. The van der Waals surface area contributed by atoms with Gasteiger partial charge in [0.1, 0.15) is 11.8 Å². The number of methoxy groups -OCH3 is 2. The molecule has 25 heavy (non-hydrogen) atoms. The van der Waals surface area contributed by atoms with Crippen molar-refractivity contribution in [2.75, 3.05) is 20.8 Å². The number of ether oxygens (including phenoxy) is 2. The molecule has 1 atom stereocenters. The Balaban J connectivity index is 2.27. The van der Waals surface area contributed by atoms with Crippen molar-refractivity contribution in [3.05, 3.63) is 48.2 Å². The number of nitrogens with one attached hydrogen (secondary N) is 1. The van der Waals surface area contributed by atoms with Gasteiger partial charge in [0.05, 0.1) is 12.8 Å². The number of carboxylic acid groups (broad SMARTS) is 1. The number of aliphatic carboxylic acids is 1. The number of hydrogen-bond donors (Lipinski definition) is 2. The van der Waals surface area contributed by atoms with E-state index in [0.29, 0.717) is 22.6 Å². The summed E-state index contributed by atoms with van der Waals surface area (Å²) in [6.07, 6.45) is 1.83. The minimum atomic E-state index is -1.11. The molecule has 2 N–H and O–H groups in total. The van der Waals surface area contributed by atoms with Gasteiger partial charge in [-0.1, -0.05) is 6.07 Å². The molecule has 0 aliphatic heterocycles. The molecule has 1 heterocycles. The zero-order valence-corrected chi connectivity index (χ0v) is 14.1. The van der Waals surface area contributed by atoms with Crippen LogP contribution in [0.2, 0.25) is 0 Å². The van der Waals surface area contributed by atoms with Crippen molar-refractivity contribution in [3.63, 3.8) is 0 Å². The maximum atomic E-state index is 12.4. The molecule has 0 fully saturated rings. The van der Waals surface area contributed by atoms with Crippen molar-refractivity contribution in [2.45, 2.75) is 12.5 Å². The molecular formula is C18H20N2O5. The number of carbonyl (C=O) groups is 2. The summed E-state index contributed by atoms with van der Waals surface area (Å²) in [6, 6.07) is 9.27. The molecule has 0 saturated carbocycles. The second-order valence-electron chi connectivity index (χ2n) is 5.28. The van der Waals surface area contributed by atoms with E-state index >= 15 is 0 Å². The maximum absolute atomic E-state index is 12.4. The second-order valence-corrected chi connectivity index (χ2v) is 5.28. The van der Waals surface area contributed by atoms with Crippen LogP contribution in [-0.4, -0.2) is 48.8 Å². The molecule has 1 aromatic carbocycles. The Morgan fingerprint density at radius 3 is 2.64 bits per heavy atom. The largest absolute Gasteiger partial charge is 0.496 e. The molecule has 7 heteroatoms. The minimum Gasteiger partial charge on any atom is -0.496 e. The summed E-state index contributed by atoms with van der Waals surface area (Å²) in [7, 11) is 3.01. The second kappa shape index (κ2) is 8.79. The lowest BCUT2D eigenvalue weighted by molar-refractivity contribution is -0.139. The van der Waals surface area contributed by atoms with Crippen molar-refractivity contribution >= 4 is 11.9 Å². The normalized spacial score (nSPS) is 11.6. The van der Waals surface area contributed by atoms with E-state index in [1.54, 1.807) is 36.5 Å². The van der Waals surface area contributed by atoms with Gasteiger partial charge < -0.3 is 19.9 Å². The van der Waals surface area contributed by atoms with Crippen LogP contribution in [0.15, 0.2) is 42.6 Å². The molecule has 0 aliphatic carbocycles. The Morgan fingerprint density at radius 2 is 2.04 bits per heavy atom. The van der Waals surface area contributed by atoms with Crippen molar-refractivity contribution in [2.24, 2.45) is 0 Å². The van der Waals surface area contributed by atoms with E-state index in [9.17, 15) is 14.7 Å². The Kier molecular flexibility index (Phi) is 6.47. The van der Waals surface area contributed by atoms with Crippen LogP contribution in [0.25, 0.3) is 11.3 Å². The molecule has 0 aliphatic rings. The number of rotatable bonds is 8. The lowest BCUT2D eigenvalue weighted by Crippen LogP contribution is -2.41. The SMILES string of the molecule is COCCC(NC(=O)c1ccc(OC)c(-c2ccccn2)c1)C(=O)O. The molecule has 1 unspecified atom stereocenters. The van der Waals surface area contributed by atoms with E-state index in [0.717, 1.165) is 0 Å². The quantitative estimate of drug-likeness (QED) is 0.760. The zero-order chi connectivity index (χ0) is 18.2. The Bertz CT molecular complexity index is 734. The summed E-state index contributed by atoms with van der Waals surface area (Å²) in [5, 5.41) is 11.7. The Hall–Kier alpha value is -2.93. The third-order valence-electron chi connectivity index (χ3n) is 3.62. The van der Waals surface area contributed by atoms with Gasteiger partial charge >= 0.3 is 5.97 Å². The first kappa shape index (κ1) is 18.4. The molecule has 132 valence electrons. The predicted molar refractivity (Wildman–Crippen MR) is 91.6 cm³/mol. The zero-order valence-electron chi connectivity index (χ0n) is 14.1. The summed E-state index contributed by atoms with van der Waals surface area (Å²) in [5.41, 5.74) is 1.63. The summed E-state index contributed by atoms with van der Waals surface area (Å²) < 4.78 is 10.2. The average molecular weight is 344 g/mol. The van der Waals surface area contributed by atoms with E-state index in [2.05, 4.69) is 10.3 Å². The van der Waals surface area contributed by atoms with Crippen molar-refractivity contribution < 1.29 is 24.2 Å². The first-order valence-corrected chi connectivity index (χ1v) is 7.69. The first-order chi connectivity index (χ1) is 12.1. The third kappa shape index (κ3) is 4.77. The molecule has 0 saturated heterocycles. The number of carbonyl (C=O) groups excluding carboxylic acids is 1. The Morgan fingerprint density at radius 1 is 1.24 bits per heavy atom. The summed E-state index contributed by atoms with van der Waals surface area (Å²) in [6.45, 7) is 0.235. The van der Waals surface area contributed by atoms with Crippen LogP contribution in [0.4, 0.5) is 0 Å². The van der Waals surface area contributed by atoms with Gasteiger partial charge in [0.25, 0.3) is 5.91 Å². The number of carboxylic acids is 1. The highest BCUT2D eigenvalue weighted by Gasteiger charge is 2.21. The monoisotopic (exact) mass is 344 g/mol. The smallest absolute Gasteiger partial charge is 0.326 e. The summed E-state index contributed by atoms with van der Waals surface area (Å²) in [5.74, 6) is -1.02. The van der Waals surface area contributed by atoms with Crippen LogP contribution in [0, 0.1) is 0 Å². The van der Waals surface area contributed by atoms with E-state index in [1.807, 2.05) is 6.07 Å². The molecule has 2 rings (SSSR count). The average Bonchev–Trinajstić information content (AvgIpc) is 2.64. The molecule has 0 bridgehead atoms. The molecule has 0 spiro atoms. The van der Waals surface area contributed by atoms with Crippen molar-refractivity contribution in [3.8, 4) is 17.0 Å². The topological polar surface area (TPSA) is 97.8 Å². The fourth-order valence-electron chi connectivity index (χ4n) is 2.31. The fourth-order valence-corrected chi connectivity index (χ4v) is 2.31. The van der Waals surface area contributed by atoms with Crippen LogP contribution in [-0.2, 0) is 9.53 Å². The van der Waals surface area contributed by atoms with E-state index < -0.39 is 17.9 Å². The fraction of sp³-hybridized carbons (Fsp3) is 0.278. The minimum absolute atomic E-state index is 0.181. The van der Waals surface area contributed by atoms with Gasteiger partial charge in [0, 0.05) is 37.5 Å². The number of benzene rings is 1. The van der Waals surface area contributed by atoms with Gasteiger partial charge in [-0.3, -0.25) is 9.78 Å². The lowest BCUT2D eigenvalue weighted by atomic mass is 10.0. The summed E-state index contributed by atoms with van der Waals surface area (Å²) >= 11 is 0. The number of aromatic nitrogens is 1. The number of nitrogens with zero attached hydrogens (tertiary/aromatic N) is 1. The maximum Gasteiger partial charge on any atom is 0.326 e. The predicted octanol–water partition coefficient (Wildman–Crippen LogP) is 1.98. The van der Waals surface area contributed by atoms with Gasteiger partial charge in [0.2, 0.25) is 0 Å². The van der Waals surface area contributed by atoms with Gasteiger partial charge in [-0.25, -0.2) is 4.79 Å². The summed E-state index contributed by atoms with van der Waals surface area (Å²) in [4.78, 5) is 28.0. The number of pyridine rings is 1. The van der Waals surface area contributed by atoms with Crippen LogP contribution >= 0.6 is 0 Å². The van der Waals surface area contributed by atoms with Gasteiger partial charge in [-0.2, -0.15) is 0 Å². The van der Waals surface area contributed by atoms with Crippen LogP contribution in [0.1, 0.15) is 16.8 Å². The highest BCUT2D eigenvalue weighted by atomic mass is 16.5. The van der Waals surface area contributed by atoms with E-state index in [-0.39, 0.29) is 13.0 Å². The highest BCUT2D eigenvalue weighted by Crippen LogP contribution is 2.29. The lowest BCUT2D eigenvalue weighted by Gasteiger charge is -2.15. The van der Waals surface area contributed by atoms with Crippen LogP contribution < -0.4 is 10.1 Å². The third-order valence-corrected chi connectivity index (χ3v) is 3.62. The molecular weight excluding hydrogens is 324 g/mol. The molecule has 2 aromatic rings. The van der Waals surface area contributed by atoms with Gasteiger partial charge in [-0.05, 0) is 30.3 Å². The van der Waals surface area contributed by atoms with Crippen molar-refractivity contribution in [1.82, 2.24) is 10.3 Å². The number of amides is 1. The molecule has 0 radical (unpaired) electrons.